The van der Waals surface area contributed by atoms with Gasteiger partial charge < -0.3 is 4.42 Å². The van der Waals surface area contributed by atoms with Gasteiger partial charge in [0.1, 0.15) is 11.3 Å². The topological polar surface area (TPSA) is 59.3 Å². The first-order chi connectivity index (χ1) is 14.0. The molecule has 1 aliphatic rings. The van der Waals surface area contributed by atoms with Gasteiger partial charge in [0.2, 0.25) is 0 Å². The highest BCUT2D eigenvalue weighted by molar-refractivity contribution is 7.92. The molecule has 2 aromatic carbocycles. The molecule has 1 unspecified atom stereocenters. The lowest BCUT2D eigenvalue weighted by Crippen LogP contribution is -2.26. The van der Waals surface area contributed by atoms with Gasteiger partial charge in [-0.15, -0.1) is 0 Å². The van der Waals surface area contributed by atoms with Crippen LogP contribution in [0.2, 0.25) is 0 Å². The third kappa shape index (κ3) is 4.00. The average molecular weight is 426 g/mol. The highest BCUT2D eigenvalue weighted by Crippen LogP contribution is 2.41. The Balaban J connectivity index is 1.64. The molecule has 1 atom stereocenters. The van der Waals surface area contributed by atoms with Gasteiger partial charge in [-0.3, -0.25) is 4.72 Å². The van der Waals surface area contributed by atoms with Gasteiger partial charge in [-0.2, -0.15) is 0 Å². The fourth-order valence-corrected chi connectivity index (χ4v) is 5.38. The minimum absolute atomic E-state index is 0.239. The largest absolute Gasteiger partial charge is 0.461 e. The number of anilines is 1. The molecule has 4 rings (SSSR count). The van der Waals surface area contributed by atoms with Crippen molar-refractivity contribution in [1.29, 1.82) is 0 Å². The average Bonchev–Trinajstić information content (AvgIpc) is 3.04. The molecule has 160 valence electrons. The molecule has 0 aliphatic heterocycles. The third-order valence-electron chi connectivity index (χ3n) is 6.38. The van der Waals surface area contributed by atoms with Crippen molar-refractivity contribution < 1.29 is 12.8 Å². The van der Waals surface area contributed by atoms with Gasteiger partial charge in [-0.05, 0) is 66.0 Å². The van der Waals surface area contributed by atoms with E-state index in [-0.39, 0.29) is 10.3 Å². The molecule has 0 bridgehead atoms. The fraction of sp³-hybridized carbons (Fsp3) is 0.440. The molecule has 30 heavy (non-hydrogen) atoms. The van der Waals surface area contributed by atoms with E-state index in [4.69, 9.17) is 4.42 Å². The van der Waals surface area contributed by atoms with Crippen molar-refractivity contribution in [3.8, 4) is 0 Å². The predicted octanol–water partition coefficient (Wildman–Crippen LogP) is 6.51. The van der Waals surface area contributed by atoms with Crippen molar-refractivity contribution in [2.75, 3.05) is 4.72 Å². The van der Waals surface area contributed by atoms with Crippen LogP contribution in [0.5, 0.6) is 0 Å². The van der Waals surface area contributed by atoms with Gasteiger partial charge in [0, 0.05) is 23.1 Å². The molecule has 0 amide bonds. The van der Waals surface area contributed by atoms with E-state index in [0.717, 1.165) is 41.6 Å². The second kappa shape index (κ2) is 7.45. The Bertz CT molecular complexity index is 1170. The van der Waals surface area contributed by atoms with Gasteiger partial charge in [0.15, 0.2) is 0 Å². The van der Waals surface area contributed by atoms with E-state index in [1.807, 2.05) is 24.3 Å². The minimum Gasteiger partial charge on any atom is -0.461 e. The molecule has 0 saturated carbocycles. The summed E-state index contributed by atoms with van der Waals surface area (Å²) < 4.78 is 34.6. The summed E-state index contributed by atoms with van der Waals surface area (Å²) in [7, 11) is -3.64. The third-order valence-corrected chi connectivity index (χ3v) is 7.78. The summed E-state index contributed by atoms with van der Waals surface area (Å²) in [6, 6.07) is 12.7. The minimum atomic E-state index is -3.64. The molecule has 4 nitrogen and oxygen atoms in total. The van der Waals surface area contributed by atoms with Crippen LogP contribution in [0.15, 0.2) is 51.8 Å². The van der Waals surface area contributed by atoms with Crippen molar-refractivity contribution in [3.05, 3.63) is 59.4 Å². The van der Waals surface area contributed by atoms with Crippen LogP contribution in [0.3, 0.4) is 0 Å². The first-order valence-electron chi connectivity index (χ1n) is 10.7. The van der Waals surface area contributed by atoms with E-state index in [1.165, 1.54) is 5.56 Å². The zero-order chi connectivity index (χ0) is 21.7. The van der Waals surface area contributed by atoms with Crippen LogP contribution in [0.25, 0.3) is 11.0 Å². The first kappa shape index (κ1) is 21.0. The Kier molecular flexibility index (Phi) is 5.21. The highest BCUT2D eigenvalue weighted by atomic mass is 32.2. The molecule has 1 N–H and O–H groups in total. The number of nitrogens with one attached hydrogen (secondary N) is 1. The SMILES string of the molecule is CC(C)c1ccc(S(=O)(=O)Nc2ccc3oc4c(c3c2)CC(C(C)(C)C)CC4)cc1. The standard InChI is InChI=1S/C25H31NO3S/c1-16(2)17-6-10-20(11-7-17)30(27,28)26-19-9-13-24-22(15-19)21-14-18(25(3,4)5)8-12-23(21)29-24/h6-7,9-11,13,15-16,18,26H,8,12,14H2,1-5H3. The van der Waals surface area contributed by atoms with E-state index in [2.05, 4.69) is 39.3 Å². The number of sulfonamides is 1. The predicted molar refractivity (Wildman–Crippen MR) is 123 cm³/mol. The zero-order valence-corrected chi connectivity index (χ0v) is 19.3. The summed E-state index contributed by atoms with van der Waals surface area (Å²) in [6.45, 7) is 11.0. The van der Waals surface area contributed by atoms with Crippen LogP contribution in [0.1, 0.15) is 63.8 Å². The maximum absolute atomic E-state index is 12.9. The van der Waals surface area contributed by atoms with E-state index >= 15 is 0 Å². The molecule has 0 radical (unpaired) electrons. The van der Waals surface area contributed by atoms with Gasteiger partial charge in [0.25, 0.3) is 10.0 Å². The molecule has 3 aromatic rings. The second-order valence-corrected chi connectivity index (χ2v) is 11.5. The monoisotopic (exact) mass is 425 g/mol. The Morgan fingerprint density at radius 2 is 1.77 bits per heavy atom. The quantitative estimate of drug-likeness (QED) is 0.518. The lowest BCUT2D eigenvalue weighted by molar-refractivity contribution is 0.210. The molecule has 0 saturated heterocycles. The van der Waals surface area contributed by atoms with E-state index in [9.17, 15) is 8.42 Å². The molecular formula is C25H31NO3S. The summed E-state index contributed by atoms with van der Waals surface area (Å²) in [6.07, 6.45) is 3.04. The van der Waals surface area contributed by atoms with Crippen LogP contribution < -0.4 is 4.72 Å². The highest BCUT2D eigenvalue weighted by Gasteiger charge is 2.31. The van der Waals surface area contributed by atoms with E-state index in [1.54, 1.807) is 18.2 Å². The van der Waals surface area contributed by atoms with E-state index < -0.39 is 10.0 Å². The normalized spacial score (nSPS) is 17.3. The number of furan rings is 1. The summed E-state index contributed by atoms with van der Waals surface area (Å²) in [5.74, 6) is 2.00. The Morgan fingerprint density at radius 1 is 1.07 bits per heavy atom. The smallest absolute Gasteiger partial charge is 0.261 e. The molecule has 5 heteroatoms. The molecular weight excluding hydrogens is 394 g/mol. The maximum Gasteiger partial charge on any atom is 0.261 e. The van der Waals surface area contributed by atoms with Crippen molar-refractivity contribution in [2.24, 2.45) is 11.3 Å². The molecule has 0 fully saturated rings. The van der Waals surface area contributed by atoms with Crippen LogP contribution in [0, 0.1) is 11.3 Å². The van der Waals surface area contributed by atoms with Gasteiger partial charge >= 0.3 is 0 Å². The van der Waals surface area contributed by atoms with Crippen LogP contribution in [-0.2, 0) is 22.9 Å². The lowest BCUT2D eigenvalue weighted by atomic mass is 9.71. The molecule has 1 aliphatic carbocycles. The number of hydrogen-bond donors (Lipinski definition) is 1. The summed E-state index contributed by atoms with van der Waals surface area (Å²) >= 11 is 0. The second-order valence-electron chi connectivity index (χ2n) is 9.85. The Morgan fingerprint density at radius 3 is 2.40 bits per heavy atom. The van der Waals surface area contributed by atoms with Crippen LogP contribution in [-0.4, -0.2) is 8.42 Å². The van der Waals surface area contributed by atoms with Crippen LogP contribution >= 0.6 is 0 Å². The lowest BCUT2D eigenvalue weighted by Gasteiger charge is -2.33. The first-order valence-corrected chi connectivity index (χ1v) is 12.2. The zero-order valence-electron chi connectivity index (χ0n) is 18.5. The summed E-state index contributed by atoms with van der Waals surface area (Å²) in [5, 5.41) is 1.02. The molecule has 1 aromatic heterocycles. The van der Waals surface area contributed by atoms with E-state index in [0.29, 0.717) is 17.5 Å². The van der Waals surface area contributed by atoms with Crippen LogP contribution in [0.4, 0.5) is 5.69 Å². The van der Waals surface area contributed by atoms with Crippen molar-refractivity contribution in [3.63, 3.8) is 0 Å². The Labute approximate surface area is 179 Å². The van der Waals surface area contributed by atoms with Gasteiger partial charge in [-0.25, -0.2) is 8.42 Å². The number of rotatable bonds is 4. The van der Waals surface area contributed by atoms with Crippen molar-refractivity contribution in [2.45, 2.75) is 64.7 Å². The van der Waals surface area contributed by atoms with Gasteiger partial charge in [0.05, 0.1) is 4.90 Å². The number of hydrogen-bond acceptors (Lipinski definition) is 3. The van der Waals surface area contributed by atoms with Crippen molar-refractivity contribution in [1.82, 2.24) is 0 Å². The number of benzene rings is 2. The molecule has 1 heterocycles. The van der Waals surface area contributed by atoms with Crippen molar-refractivity contribution >= 4 is 26.7 Å². The summed E-state index contributed by atoms with van der Waals surface area (Å²) in [5.41, 5.74) is 3.99. The number of fused-ring (bicyclic) bond motifs is 3. The maximum atomic E-state index is 12.9. The Hall–Kier alpha value is -2.27. The fourth-order valence-electron chi connectivity index (χ4n) is 4.33. The molecule has 0 spiro atoms. The number of aryl methyl sites for hydroxylation is 1. The summed E-state index contributed by atoms with van der Waals surface area (Å²) in [4.78, 5) is 0.272. The van der Waals surface area contributed by atoms with Gasteiger partial charge in [-0.1, -0.05) is 46.8 Å².